The summed E-state index contributed by atoms with van der Waals surface area (Å²) in [5.74, 6) is 0.0930. The summed E-state index contributed by atoms with van der Waals surface area (Å²) in [5.41, 5.74) is 1.70. The fraction of sp³-hybridized carbons (Fsp3) is 0.250. The molecule has 0 aliphatic carbocycles. The zero-order valence-electron chi connectivity index (χ0n) is 12.7. The lowest BCUT2D eigenvalue weighted by atomic mass is 10.2. The number of carbonyl (C=O) groups excluding carboxylic acids is 1. The predicted octanol–water partition coefficient (Wildman–Crippen LogP) is 4.19. The maximum atomic E-state index is 12.0. The van der Waals surface area contributed by atoms with E-state index in [1.54, 1.807) is 32.2 Å². The van der Waals surface area contributed by atoms with Crippen LogP contribution in [0.4, 0.5) is 5.69 Å². The number of methoxy groups -OCH3 is 1. The average Bonchev–Trinajstić information content (AvgIpc) is 2.53. The van der Waals surface area contributed by atoms with Gasteiger partial charge in [0, 0.05) is 12.7 Å². The van der Waals surface area contributed by atoms with Gasteiger partial charge in [-0.1, -0.05) is 29.3 Å². The minimum absolute atomic E-state index is 0.0983. The Labute approximate surface area is 144 Å². The Bertz CT molecular complexity index is 708. The van der Waals surface area contributed by atoms with Crippen LogP contribution in [-0.2, 0) is 11.3 Å². The van der Waals surface area contributed by atoms with E-state index in [0.29, 0.717) is 23.0 Å². The lowest BCUT2D eigenvalue weighted by Crippen LogP contribution is -2.11. The van der Waals surface area contributed by atoms with Crippen molar-refractivity contribution in [2.24, 2.45) is 0 Å². The van der Waals surface area contributed by atoms with Crippen molar-refractivity contribution in [3.05, 3.63) is 51.8 Å². The van der Waals surface area contributed by atoms with E-state index < -0.39 is 5.97 Å². The third-order valence-corrected chi connectivity index (χ3v) is 3.67. The normalized spacial score (nSPS) is 10.3. The molecule has 7 heteroatoms. The minimum Gasteiger partial charge on any atom is -0.495 e. The molecule has 0 saturated carbocycles. The van der Waals surface area contributed by atoms with E-state index in [0.717, 1.165) is 5.56 Å². The predicted molar refractivity (Wildman–Crippen MR) is 90.5 cm³/mol. The molecule has 5 nitrogen and oxygen atoms in total. The van der Waals surface area contributed by atoms with Crippen molar-refractivity contribution in [3.8, 4) is 5.75 Å². The summed E-state index contributed by atoms with van der Waals surface area (Å²) in [6.45, 7) is 2.45. The van der Waals surface area contributed by atoms with Crippen LogP contribution in [0.15, 0.2) is 30.5 Å². The standard InChI is InChI=1S/C16H16Cl2N2O3/c1-3-23-16(21)14-12(6-7-19-15(14)18)20-9-10-4-5-13(22-2)11(17)8-10/h4-8H,3,9H2,1-2H3,(H,19,20). The summed E-state index contributed by atoms with van der Waals surface area (Å²) < 4.78 is 10.1. The van der Waals surface area contributed by atoms with E-state index in [9.17, 15) is 4.79 Å². The van der Waals surface area contributed by atoms with Crippen LogP contribution in [0, 0.1) is 0 Å². The van der Waals surface area contributed by atoms with Gasteiger partial charge in [0.2, 0.25) is 0 Å². The Balaban J connectivity index is 2.19. The number of anilines is 1. The molecule has 0 spiro atoms. The zero-order chi connectivity index (χ0) is 16.8. The molecular formula is C16H16Cl2N2O3. The number of aromatic nitrogens is 1. The molecule has 2 rings (SSSR count). The summed E-state index contributed by atoms with van der Waals surface area (Å²) in [6, 6.07) is 7.12. The molecule has 0 aliphatic heterocycles. The highest BCUT2D eigenvalue weighted by Crippen LogP contribution is 2.27. The fourth-order valence-corrected chi connectivity index (χ4v) is 2.51. The Hall–Kier alpha value is -1.98. The van der Waals surface area contributed by atoms with Gasteiger partial charge >= 0.3 is 5.97 Å². The number of rotatable bonds is 6. The Kier molecular flexibility index (Phi) is 6.07. The molecule has 1 aromatic carbocycles. The number of pyridine rings is 1. The SMILES string of the molecule is CCOC(=O)c1c(NCc2ccc(OC)c(Cl)c2)ccnc1Cl. The topological polar surface area (TPSA) is 60.5 Å². The van der Waals surface area contributed by atoms with E-state index in [-0.39, 0.29) is 17.3 Å². The molecule has 23 heavy (non-hydrogen) atoms. The Morgan fingerprint density at radius 1 is 1.30 bits per heavy atom. The van der Waals surface area contributed by atoms with Gasteiger partial charge in [-0.05, 0) is 30.7 Å². The molecule has 122 valence electrons. The number of ether oxygens (including phenoxy) is 2. The first-order valence-electron chi connectivity index (χ1n) is 6.94. The van der Waals surface area contributed by atoms with Crippen LogP contribution >= 0.6 is 23.2 Å². The van der Waals surface area contributed by atoms with Gasteiger partial charge in [-0.25, -0.2) is 9.78 Å². The molecule has 1 aromatic heterocycles. The maximum absolute atomic E-state index is 12.0. The number of hydrogen-bond acceptors (Lipinski definition) is 5. The first kappa shape index (κ1) is 17.4. The summed E-state index contributed by atoms with van der Waals surface area (Å²) in [5, 5.41) is 3.77. The van der Waals surface area contributed by atoms with Crippen LogP contribution in [0.25, 0.3) is 0 Å². The largest absolute Gasteiger partial charge is 0.495 e. The average molecular weight is 355 g/mol. The number of nitrogens with one attached hydrogen (secondary N) is 1. The van der Waals surface area contributed by atoms with E-state index in [1.165, 1.54) is 6.20 Å². The van der Waals surface area contributed by atoms with E-state index in [2.05, 4.69) is 10.3 Å². The van der Waals surface area contributed by atoms with Crippen molar-refractivity contribution < 1.29 is 14.3 Å². The summed E-state index contributed by atoms with van der Waals surface area (Å²) in [4.78, 5) is 15.9. The summed E-state index contributed by atoms with van der Waals surface area (Å²) in [7, 11) is 1.56. The van der Waals surface area contributed by atoms with E-state index >= 15 is 0 Å². The summed E-state index contributed by atoms with van der Waals surface area (Å²) in [6.07, 6.45) is 1.52. The molecule has 0 atom stereocenters. The zero-order valence-corrected chi connectivity index (χ0v) is 14.2. The van der Waals surface area contributed by atoms with Crippen molar-refractivity contribution in [2.75, 3.05) is 19.0 Å². The Morgan fingerprint density at radius 3 is 2.74 bits per heavy atom. The first-order valence-corrected chi connectivity index (χ1v) is 7.70. The van der Waals surface area contributed by atoms with Crippen LogP contribution in [0.2, 0.25) is 10.2 Å². The van der Waals surface area contributed by atoms with Crippen molar-refractivity contribution in [1.82, 2.24) is 4.98 Å². The molecule has 0 amide bonds. The lowest BCUT2D eigenvalue weighted by molar-refractivity contribution is 0.0527. The number of carbonyl (C=O) groups is 1. The molecule has 0 unspecified atom stereocenters. The van der Waals surface area contributed by atoms with Crippen LogP contribution in [0.1, 0.15) is 22.8 Å². The highest BCUT2D eigenvalue weighted by atomic mass is 35.5. The van der Waals surface area contributed by atoms with Crippen molar-refractivity contribution in [1.29, 1.82) is 0 Å². The van der Waals surface area contributed by atoms with Gasteiger partial charge in [0.05, 0.1) is 24.4 Å². The molecule has 1 heterocycles. The third kappa shape index (κ3) is 4.27. The van der Waals surface area contributed by atoms with Crippen LogP contribution in [0.5, 0.6) is 5.75 Å². The third-order valence-electron chi connectivity index (χ3n) is 3.08. The quantitative estimate of drug-likeness (QED) is 0.622. The number of benzene rings is 1. The molecule has 2 aromatic rings. The van der Waals surface area contributed by atoms with Crippen molar-refractivity contribution in [2.45, 2.75) is 13.5 Å². The molecule has 0 fully saturated rings. The van der Waals surface area contributed by atoms with Gasteiger partial charge in [-0.2, -0.15) is 0 Å². The highest BCUT2D eigenvalue weighted by Gasteiger charge is 2.17. The van der Waals surface area contributed by atoms with Gasteiger partial charge in [-0.15, -0.1) is 0 Å². The van der Waals surface area contributed by atoms with Crippen LogP contribution in [0.3, 0.4) is 0 Å². The summed E-state index contributed by atoms with van der Waals surface area (Å²) >= 11 is 12.1. The Morgan fingerprint density at radius 2 is 2.09 bits per heavy atom. The molecule has 0 radical (unpaired) electrons. The second kappa shape index (κ2) is 8.04. The molecule has 1 N–H and O–H groups in total. The molecular weight excluding hydrogens is 339 g/mol. The van der Waals surface area contributed by atoms with Crippen molar-refractivity contribution >= 4 is 34.9 Å². The van der Waals surface area contributed by atoms with E-state index in [4.69, 9.17) is 32.7 Å². The van der Waals surface area contributed by atoms with Crippen LogP contribution in [-0.4, -0.2) is 24.7 Å². The van der Waals surface area contributed by atoms with E-state index in [1.807, 2.05) is 6.07 Å². The molecule has 0 bridgehead atoms. The number of hydrogen-bond donors (Lipinski definition) is 1. The second-order valence-electron chi connectivity index (χ2n) is 4.57. The lowest BCUT2D eigenvalue weighted by Gasteiger charge is -2.13. The van der Waals surface area contributed by atoms with Gasteiger partial charge in [-0.3, -0.25) is 0 Å². The number of esters is 1. The van der Waals surface area contributed by atoms with Gasteiger partial charge in [0.15, 0.2) is 0 Å². The minimum atomic E-state index is -0.513. The van der Waals surface area contributed by atoms with Gasteiger partial charge < -0.3 is 14.8 Å². The second-order valence-corrected chi connectivity index (χ2v) is 5.33. The molecule has 0 saturated heterocycles. The fourth-order valence-electron chi connectivity index (χ4n) is 2.00. The smallest absolute Gasteiger partial charge is 0.343 e. The van der Waals surface area contributed by atoms with Crippen molar-refractivity contribution in [3.63, 3.8) is 0 Å². The molecule has 0 aliphatic rings. The number of nitrogens with zero attached hydrogens (tertiary/aromatic N) is 1. The first-order chi connectivity index (χ1) is 11.1. The van der Waals surface area contributed by atoms with Gasteiger partial charge in [0.25, 0.3) is 0 Å². The highest BCUT2D eigenvalue weighted by molar-refractivity contribution is 6.33. The van der Waals surface area contributed by atoms with Gasteiger partial charge in [0.1, 0.15) is 16.5 Å². The number of halogens is 2. The monoisotopic (exact) mass is 354 g/mol. The van der Waals surface area contributed by atoms with Crippen LogP contribution < -0.4 is 10.1 Å². The maximum Gasteiger partial charge on any atom is 0.343 e.